The van der Waals surface area contributed by atoms with E-state index in [0.29, 0.717) is 25.9 Å². The van der Waals surface area contributed by atoms with Gasteiger partial charge in [0.1, 0.15) is 0 Å². The Hall–Kier alpha value is -1.61. The zero-order valence-corrected chi connectivity index (χ0v) is 14.0. The number of sulfonamides is 1. The number of hydrogen-bond acceptors (Lipinski definition) is 3. The number of benzene rings is 1. The van der Waals surface area contributed by atoms with Crippen LogP contribution in [0.25, 0.3) is 0 Å². The maximum Gasteiger partial charge on any atom is 0.416 e. The van der Waals surface area contributed by atoms with Crippen LogP contribution in [0.4, 0.5) is 13.2 Å². The van der Waals surface area contributed by atoms with E-state index in [1.165, 1.54) is 4.31 Å². The van der Waals surface area contributed by atoms with E-state index in [-0.39, 0.29) is 17.4 Å². The normalized spacial score (nSPS) is 17.7. The lowest BCUT2D eigenvalue weighted by molar-refractivity contribution is -0.137. The fourth-order valence-electron chi connectivity index (χ4n) is 2.54. The van der Waals surface area contributed by atoms with Crippen molar-refractivity contribution in [3.05, 3.63) is 35.4 Å². The third kappa shape index (κ3) is 4.47. The standard InChI is InChI=1S/C15H19F3N2O3S/c1-2-24(22,23)20-9-7-13(8-10-20)19-14(21)11-3-5-12(6-4-11)15(16,17)18/h3-6,13H,2,7-10H2,1H3,(H,19,21). The molecule has 134 valence electrons. The van der Waals surface area contributed by atoms with Crippen molar-refractivity contribution < 1.29 is 26.4 Å². The molecular formula is C15H19F3N2O3S. The zero-order chi connectivity index (χ0) is 18.0. The van der Waals surface area contributed by atoms with E-state index in [2.05, 4.69) is 5.32 Å². The summed E-state index contributed by atoms with van der Waals surface area (Å²) in [6.45, 7) is 2.23. The smallest absolute Gasteiger partial charge is 0.349 e. The number of piperidine rings is 1. The number of nitrogens with zero attached hydrogens (tertiary/aromatic N) is 1. The number of halogens is 3. The monoisotopic (exact) mass is 364 g/mol. The zero-order valence-electron chi connectivity index (χ0n) is 13.1. The van der Waals surface area contributed by atoms with Crippen LogP contribution in [0.15, 0.2) is 24.3 Å². The molecule has 1 aromatic rings. The van der Waals surface area contributed by atoms with Crippen molar-refractivity contribution in [3.63, 3.8) is 0 Å². The minimum absolute atomic E-state index is 0.0373. The Balaban J connectivity index is 1.92. The van der Waals surface area contributed by atoms with Gasteiger partial charge in [0.2, 0.25) is 10.0 Å². The second kappa shape index (κ2) is 7.10. The van der Waals surface area contributed by atoms with Gasteiger partial charge in [0.25, 0.3) is 5.91 Å². The molecule has 2 rings (SSSR count). The van der Waals surface area contributed by atoms with Crippen LogP contribution >= 0.6 is 0 Å². The number of carbonyl (C=O) groups is 1. The summed E-state index contributed by atoms with van der Waals surface area (Å²) in [6.07, 6.45) is -3.48. The van der Waals surface area contributed by atoms with Gasteiger partial charge in [-0.1, -0.05) is 0 Å². The molecule has 24 heavy (non-hydrogen) atoms. The Kier molecular flexibility index (Phi) is 5.54. The molecule has 0 saturated carbocycles. The number of amides is 1. The van der Waals surface area contributed by atoms with E-state index < -0.39 is 27.7 Å². The molecule has 5 nitrogen and oxygen atoms in total. The first-order chi connectivity index (χ1) is 11.1. The van der Waals surface area contributed by atoms with Gasteiger partial charge in [0, 0.05) is 24.7 Å². The number of alkyl halides is 3. The highest BCUT2D eigenvalue weighted by Gasteiger charge is 2.31. The average Bonchev–Trinajstić information content (AvgIpc) is 2.54. The summed E-state index contributed by atoms with van der Waals surface area (Å²) >= 11 is 0. The molecule has 1 aliphatic rings. The van der Waals surface area contributed by atoms with Crippen molar-refractivity contribution in [2.24, 2.45) is 0 Å². The summed E-state index contributed by atoms with van der Waals surface area (Å²) in [6, 6.07) is 3.81. The van der Waals surface area contributed by atoms with Gasteiger partial charge in [-0.15, -0.1) is 0 Å². The molecule has 1 heterocycles. The number of nitrogens with one attached hydrogen (secondary N) is 1. The summed E-state index contributed by atoms with van der Waals surface area (Å²) < 4.78 is 62.4. The highest BCUT2D eigenvalue weighted by Crippen LogP contribution is 2.29. The molecule has 1 amide bonds. The molecule has 1 N–H and O–H groups in total. The van der Waals surface area contributed by atoms with Crippen LogP contribution in [-0.4, -0.2) is 43.5 Å². The summed E-state index contributed by atoms with van der Waals surface area (Å²) in [5.41, 5.74) is -0.663. The number of hydrogen-bond donors (Lipinski definition) is 1. The Morgan fingerprint density at radius 3 is 2.21 bits per heavy atom. The molecule has 0 atom stereocenters. The van der Waals surface area contributed by atoms with E-state index in [1.807, 2.05) is 0 Å². The van der Waals surface area contributed by atoms with Gasteiger partial charge in [-0.25, -0.2) is 12.7 Å². The van der Waals surface area contributed by atoms with Crippen LogP contribution in [0, 0.1) is 0 Å². The highest BCUT2D eigenvalue weighted by molar-refractivity contribution is 7.89. The molecule has 1 aromatic carbocycles. The lowest BCUT2D eigenvalue weighted by atomic mass is 10.1. The minimum atomic E-state index is -4.44. The van der Waals surface area contributed by atoms with Crippen molar-refractivity contribution in [2.45, 2.75) is 32.0 Å². The van der Waals surface area contributed by atoms with E-state index in [4.69, 9.17) is 0 Å². The Labute approximate surface area is 138 Å². The Morgan fingerprint density at radius 2 is 1.75 bits per heavy atom. The second-order valence-electron chi connectivity index (χ2n) is 5.62. The van der Waals surface area contributed by atoms with Crippen molar-refractivity contribution in [2.75, 3.05) is 18.8 Å². The van der Waals surface area contributed by atoms with Gasteiger partial charge < -0.3 is 5.32 Å². The SMILES string of the molecule is CCS(=O)(=O)N1CCC(NC(=O)c2ccc(C(F)(F)F)cc2)CC1. The molecule has 0 spiro atoms. The summed E-state index contributed by atoms with van der Waals surface area (Å²) in [4.78, 5) is 12.1. The number of carbonyl (C=O) groups excluding carboxylic acids is 1. The van der Waals surface area contributed by atoms with Crippen molar-refractivity contribution in [1.29, 1.82) is 0 Å². The average molecular weight is 364 g/mol. The fourth-order valence-corrected chi connectivity index (χ4v) is 3.67. The summed E-state index contributed by atoms with van der Waals surface area (Å²) in [5.74, 6) is -0.421. The molecule has 0 radical (unpaired) electrons. The predicted octanol–water partition coefficient (Wildman–Crippen LogP) is 2.25. The largest absolute Gasteiger partial charge is 0.416 e. The van der Waals surface area contributed by atoms with Gasteiger partial charge in [0.05, 0.1) is 11.3 Å². The fraction of sp³-hybridized carbons (Fsp3) is 0.533. The van der Waals surface area contributed by atoms with Crippen LogP contribution in [0.3, 0.4) is 0 Å². The third-order valence-electron chi connectivity index (χ3n) is 4.02. The molecule has 0 bridgehead atoms. The van der Waals surface area contributed by atoms with Crippen LogP contribution in [-0.2, 0) is 16.2 Å². The quantitative estimate of drug-likeness (QED) is 0.891. The van der Waals surface area contributed by atoms with E-state index >= 15 is 0 Å². The number of rotatable bonds is 4. The molecule has 0 unspecified atom stereocenters. The van der Waals surface area contributed by atoms with Gasteiger partial charge in [-0.3, -0.25) is 4.79 Å². The Bertz CT molecular complexity index is 679. The minimum Gasteiger partial charge on any atom is -0.349 e. The highest BCUT2D eigenvalue weighted by atomic mass is 32.2. The van der Waals surface area contributed by atoms with Crippen LogP contribution in [0.5, 0.6) is 0 Å². The molecule has 0 aliphatic carbocycles. The van der Waals surface area contributed by atoms with Gasteiger partial charge in [0.15, 0.2) is 0 Å². The lowest BCUT2D eigenvalue weighted by Crippen LogP contribution is -2.46. The van der Waals surface area contributed by atoms with Crippen molar-refractivity contribution >= 4 is 15.9 Å². The van der Waals surface area contributed by atoms with Gasteiger partial charge in [-0.05, 0) is 44.0 Å². The van der Waals surface area contributed by atoms with Crippen molar-refractivity contribution in [1.82, 2.24) is 9.62 Å². The molecule has 9 heteroatoms. The van der Waals surface area contributed by atoms with Crippen LogP contribution in [0.2, 0.25) is 0 Å². The summed E-state index contributed by atoms with van der Waals surface area (Å²) in [5, 5.41) is 2.74. The second-order valence-corrected chi connectivity index (χ2v) is 7.88. The van der Waals surface area contributed by atoms with E-state index in [9.17, 15) is 26.4 Å². The van der Waals surface area contributed by atoms with E-state index in [0.717, 1.165) is 24.3 Å². The van der Waals surface area contributed by atoms with Gasteiger partial charge in [-0.2, -0.15) is 13.2 Å². The first-order valence-corrected chi connectivity index (χ1v) is 9.20. The van der Waals surface area contributed by atoms with Gasteiger partial charge >= 0.3 is 6.18 Å². The molecular weight excluding hydrogens is 345 g/mol. The topological polar surface area (TPSA) is 66.5 Å². The maximum atomic E-state index is 12.5. The molecule has 1 saturated heterocycles. The molecule has 0 aromatic heterocycles. The van der Waals surface area contributed by atoms with Crippen molar-refractivity contribution in [3.8, 4) is 0 Å². The predicted molar refractivity (Wildman–Crippen MR) is 83.0 cm³/mol. The lowest BCUT2D eigenvalue weighted by Gasteiger charge is -2.31. The van der Waals surface area contributed by atoms with E-state index in [1.54, 1.807) is 6.92 Å². The third-order valence-corrected chi connectivity index (χ3v) is 5.90. The molecule has 1 fully saturated rings. The first-order valence-electron chi connectivity index (χ1n) is 7.59. The maximum absolute atomic E-state index is 12.5. The summed E-state index contributed by atoms with van der Waals surface area (Å²) in [7, 11) is -3.23. The molecule has 1 aliphatic heterocycles. The van der Waals surface area contributed by atoms with Crippen LogP contribution < -0.4 is 5.32 Å². The first kappa shape index (κ1) is 18.7. The van der Waals surface area contributed by atoms with Crippen LogP contribution in [0.1, 0.15) is 35.7 Å². The Morgan fingerprint density at radius 1 is 1.21 bits per heavy atom.